The van der Waals surface area contributed by atoms with Gasteiger partial charge in [-0.15, -0.1) is 0 Å². The van der Waals surface area contributed by atoms with Crippen molar-refractivity contribution in [1.82, 2.24) is 0 Å². The summed E-state index contributed by atoms with van der Waals surface area (Å²) in [5, 5.41) is 0. The van der Waals surface area contributed by atoms with E-state index in [4.69, 9.17) is 22.7 Å². The molecule has 0 bridgehead atoms. The molecule has 106 valence electrons. The molecular formula is C13H18F2N2OS. The van der Waals surface area contributed by atoms with Crippen molar-refractivity contribution in [3.8, 4) is 0 Å². The number of nitrogens with two attached hydrogens (primary N) is 1. The van der Waals surface area contributed by atoms with Crippen molar-refractivity contribution in [2.24, 2.45) is 5.73 Å². The van der Waals surface area contributed by atoms with E-state index >= 15 is 0 Å². The maximum Gasteiger partial charge on any atom is 0.150 e. The molecule has 0 amide bonds. The van der Waals surface area contributed by atoms with Gasteiger partial charge in [-0.25, -0.2) is 8.78 Å². The monoisotopic (exact) mass is 288 g/mol. The van der Waals surface area contributed by atoms with Gasteiger partial charge in [-0.05, 0) is 26.0 Å². The van der Waals surface area contributed by atoms with Crippen LogP contribution in [0.25, 0.3) is 0 Å². The van der Waals surface area contributed by atoms with Crippen LogP contribution in [0.2, 0.25) is 0 Å². The summed E-state index contributed by atoms with van der Waals surface area (Å²) in [5.41, 5.74) is 5.49. The second-order valence-electron chi connectivity index (χ2n) is 4.43. The molecule has 1 aromatic rings. The third-order valence-electron chi connectivity index (χ3n) is 2.75. The van der Waals surface area contributed by atoms with Crippen molar-refractivity contribution >= 4 is 22.9 Å². The number of methoxy groups -OCH3 is 1. The average molecular weight is 288 g/mol. The Kier molecular flexibility index (Phi) is 5.62. The third kappa shape index (κ3) is 3.84. The number of hydrogen-bond donors (Lipinski definition) is 1. The van der Waals surface area contributed by atoms with Gasteiger partial charge >= 0.3 is 0 Å². The highest BCUT2D eigenvalue weighted by atomic mass is 32.1. The van der Waals surface area contributed by atoms with Crippen LogP contribution in [0.4, 0.5) is 14.5 Å². The second-order valence-corrected chi connectivity index (χ2v) is 4.87. The van der Waals surface area contributed by atoms with Crippen molar-refractivity contribution < 1.29 is 13.5 Å². The SMILES string of the molecule is COCCN(c1c(F)cc(C(N)=S)cc1F)C(C)C. The van der Waals surface area contributed by atoms with Crippen molar-refractivity contribution in [1.29, 1.82) is 0 Å². The van der Waals surface area contributed by atoms with Crippen LogP contribution in [-0.2, 0) is 4.74 Å². The lowest BCUT2D eigenvalue weighted by Crippen LogP contribution is -2.35. The van der Waals surface area contributed by atoms with E-state index in [0.717, 1.165) is 12.1 Å². The van der Waals surface area contributed by atoms with E-state index in [-0.39, 0.29) is 22.3 Å². The zero-order valence-electron chi connectivity index (χ0n) is 11.2. The lowest BCUT2D eigenvalue weighted by atomic mass is 10.1. The van der Waals surface area contributed by atoms with Gasteiger partial charge < -0.3 is 15.4 Å². The van der Waals surface area contributed by atoms with E-state index in [1.165, 1.54) is 0 Å². The number of halogens is 2. The van der Waals surface area contributed by atoms with Crippen LogP contribution in [0, 0.1) is 11.6 Å². The van der Waals surface area contributed by atoms with Crippen LogP contribution in [0.5, 0.6) is 0 Å². The molecule has 0 saturated carbocycles. The zero-order valence-corrected chi connectivity index (χ0v) is 12.1. The molecule has 3 nitrogen and oxygen atoms in total. The fraction of sp³-hybridized carbons (Fsp3) is 0.462. The first-order valence-corrected chi connectivity index (χ1v) is 6.33. The second kappa shape index (κ2) is 6.77. The van der Waals surface area contributed by atoms with Gasteiger partial charge in [0, 0.05) is 25.3 Å². The predicted octanol–water partition coefficient (Wildman–Crippen LogP) is 2.46. The molecule has 0 aliphatic carbocycles. The zero-order chi connectivity index (χ0) is 14.6. The molecule has 6 heteroatoms. The van der Waals surface area contributed by atoms with E-state index in [2.05, 4.69) is 0 Å². The number of benzene rings is 1. The first-order valence-electron chi connectivity index (χ1n) is 5.93. The minimum atomic E-state index is -0.674. The smallest absolute Gasteiger partial charge is 0.150 e. The Labute approximate surface area is 117 Å². The molecule has 0 aliphatic rings. The highest BCUT2D eigenvalue weighted by Crippen LogP contribution is 2.26. The van der Waals surface area contributed by atoms with Crippen LogP contribution in [0.3, 0.4) is 0 Å². The highest BCUT2D eigenvalue weighted by molar-refractivity contribution is 7.80. The quantitative estimate of drug-likeness (QED) is 0.816. The molecule has 19 heavy (non-hydrogen) atoms. The van der Waals surface area contributed by atoms with Crippen LogP contribution in [0.15, 0.2) is 12.1 Å². The molecular weight excluding hydrogens is 270 g/mol. The van der Waals surface area contributed by atoms with Gasteiger partial charge in [0.15, 0.2) is 0 Å². The van der Waals surface area contributed by atoms with Gasteiger partial charge in [-0.2, -0.15) is 0 Å². The predicted molar refractivity (Wildman–Crippen MR) is 76.6 cm³/mol. The Bertz CT molecular complexity index is 443. The Morgan fingerprint density at radius 3 is 2.26 bits per heavy atom. The fourth-order valence-corrected chi connectivity index (χ4v) is 1.92. The minimum Gasteiger partial charge on any atom is -0.389 e. The lowest BCUT2D eigenvalue weighted by Gasteiger charge is -2.29. The normalized spacial score (nSPS) is 10.8. The number of nitrogens with zero attached hydrogens (tertiary/aromatic N) is 1. The molecule has 1 aromatic carbocycles. The van der Waals surface area contributed by atoms with Crippen molar-refractivity contribution in [3.05, 3.63) is 29.3 Å². The molecule has 0 aromatic heterocycles. The molecule has 0 radical (unpaired) electrons. The highest BCUT2D eigenvalue weighted by Gasteiger charge is 2.20. The molecule has 0 aliphatic heterocycles. The van der Waals surface area contributed by atoms with Crippen molar-refractivity contribution in [2.45, 2.75) is 19.9 Å². The van der Waals surface area contributed by atoms with Gasteiger partial charge in [0.2, 0.25) is 0 Å². The topological polar surface area (TPSA) is 38.5 Å². The molecule has 0 unspecified atom stereocenters. The van der Waals surface area contributed by atoms with Gasteiger partial charge in [0.1, 0.15) is 22.3 Å². The number of hydrogen-bond acceptors (Lipinski definition) is 3. The van der Waals surface area contributed by atoms with E-state index in [9.17, 15) is 8.78 Å². The van der Waals surface area contributed by atoms with Crippen molar-refractivity contribution in [3.63, 3.8) is 0 Å². The Morgan fingerprint density at radius 2 is 1.89 bits per heavy atom. The first-order chi connectivity index (χ1) is 8.88. The standard InChI is InChI=1S/C13H18F2N2OS/c1-8(2)17(4-5-18-3)12-10(14)6-9(13(16)19)7-11(12)15/h6-8H,4-5H2,1-3H3,(H2,16,19). The molecule has 0 atom stereocenters. The summed E-state index contributed by atoms with van der Waals surface area (Å²) in [6.07, 6.45) is 0. The summed E-state index contributed by atoms with van der Waals surface area (Å²) in [6.45, 7) is 4.49. The largest absolute Gasteiger partial charge is 0.389 e. The van der Waals surface area contributed by atoms with E-state index < -0.39 is 11.6 Å². The molecule has 0 spiro atoms. The first kappa shape index (κ1) is 15.8. The molecule has 0 saturated heterocycles. The molecule has 0 fully saturated rings. The summed E-state index contributed by atoms with van der Waals surface area (Å²) < 4.78 is 33.1. The van der Waals surface area contributed by atoms with Gasteiger partial charge in [0.05, 0.1) is 6.61 Å². The fourth-order valence-electron chi connectivity index (χ4n) is 1.80. The Morgan fingerprint density at radius 1 is 1.37 bits per heavy atom. The van der Waals surface area contributed by atoms with Crippen LogP contribution in [-0.4, -0.2) is 31.3 Å². The maximum atomic E-state index is 14.1. The number of rotatable bonds is 6. The van der Waals surface area contributed by atoms with Gasteiger partial charge in [0.25, 0.3) is 0 Å². The van der Waals surface area contributed by atoms with E-state index in [1.54, 1.807) is 12.0 Å². The number of thiocarbonyl (C=S) groups is 1. The summed E-state index contributed by atoms with van der Waals surface area (Å²) in [7, 11) is 1.54. The molecule has 2 N–H and O–H groups in total. The average Bonchev–Trinajstić information content (AvgIpc) is 2.31. The molecule has 0 heterocycles. The maximum absolute atomic E-state index is 14.1. The summed E-state index contributed by atoms with van der Waals surface area (Å²) in [5.74, 6) is -1.35. The lowest BCUT2D eigenvalue weighted by molar-refractivity contribution is 0.203. The molecule has 1 rings (SSSR count). The minimum absolute atomic E-state index is 0.0302. The Hall–Kier alpha value is -1.27. The van der Waals surface area contributed by atoms with Gasteiger partial charge in [-0.3, -0.25) is 0 Å². The van der Waals surface area contributed by atoms with E-state index in [0.29, 0.717) is 13.2 Å². The van der Waals surface area contributed by atoms with Crippen LogP contribution >= 0.6 is 12.2 Å². The van der Waals surface area contributed by atoms with E-state index in [1.807, 2.05) is 13.8 Å². The van der Waals surface area contributed by atoms with Crippen LogP contribution < -0.4 is 10.6 Å². The van der Waals surface area contributed by atoms with Gasteiger partial charge in [-0.1, -0.05) is 12.2 Å². The summed E-state index contributed by atoms with van der Waals surface area (Å²) in [6, 6.07) is 2.25. The Balaban J connectivity index is 3.19. The summed E-state index contributed by atoms with van der Waals surface area (Å²) >= 11 is 4.72. The number of ether oxygens (including phenoxy) is 1. The summed E-state index contributed by atoms with van der Waals surface area (Å²) in [4.78, 5) is 1.58. The van der Waals surface area contributed by atoms with Crippen molar-refractivity contribution in [2.75, 3.05) is 25.2 Å². The van der Waals surface area contributed by atoms with Crippen LogP contribution in [0.1, 0.15) is 19.4 Å². The third-order valence-corrected chi connectivity index (χ3v) is 2.98. The number of anilines is 1.